The van der Waals surface area contributed by atoms with Crippen LogP contribution in [0.4, 0.5) is 4.39 Å². The summed E-state index contributed by atoms with van der Waals surface area (Å²) in [5, 5.41) is 9.63. The molecule has 5 nitrogen and oxygen atoms in total. The molecule has 1 heterocycles. The van der Waals surface area contributed by atoms with Crippen LogP contribution in [-0.2, 0) is 16.8 Å². The van der Waals surface area contributed by atoms with Gasteiger partial charge in [-0.25, -0.2) is 4.39 Å². The van der Waals surface area contributed by atoms with E-state index >= 15 is 0 Å². The Morgan fingerprint density at radius 1 is 1.29 bits per heavy atom. The number of hydrogen-bond acceptors (Lipinski definition) is 4. The molecular formula is C21H20ClFO5. The second-order valence-electron chi connectivity index (χ2n) is 7.75. The highest BCUT2D eigenvalue weighted by molar-refractivity contribution is 6.31. The topological polar surface area (TPSA) is 72.8 Å². The molecule has 7 heteroatoms. The van der Waals surface area contributed by atoms with E-state index in [-0.39, 0.29) is 18.1 Å². The fourth-order valence-corrected chi connectivity index (χ4v) is 3.20. The van der Waals surface area contributed by atoms with Gasteiger partial charge in [0.1, 0.15) is 12.4 Å². The van der Waals surface area contributed by atoms with Gasteiger partial charge < -0.3 is 14.6 Å². The summed E-state index contributed by atoms with van der Waals surface area (Å²) in [6.45, 7) is 6.25. The molecule has 0 spiro atoms. The van der Waals surface area contributed by atoms with Crippen LogP contribution in [0.25, 0.3) is 0 Å². The Hall–Kier alpha value is -2.60. The molecule has 1 aliphatic rings. The minimum absolute atomic E-state index is 0.0396. The maximum Gasteiger partial charge on any atom is 0.313 e. The van der Waals surface area contributed by atoms with Crippen LogP contribution in [0.2, 0.25) is 5.02 Å². The Morgan fingerprint density at radius 2 is 1.96 bits per heavy atom. The van der Waals surface area contributed by atoms with Gasteiger partial charge in [-0.15, -0.1) is 0 Å². The zero-order valence-corrected chi connectivity index (χ0v) is 16.7. The molecule has 0 aliphatic carbocycles. The van der Waals surface area contributed by atoms with Crippen molar-refractivity contribution in [3.8, 4) is 11.5 Å². The number of ether oxygens (including phenoxy) is 2. The zero-order chi connectivity index (χ0) is 20.9. The van der Waals surface area contributed by atoms with Gasteiger partial charge >= 0.3 is 5.97 Å². The summed E-state index contributed by atoms with van der Waals surface area (Å²) in [7, 11) is 0. The lowest BCUT2D eigenvalue weighted by molar-refractivity contribution is -0.142. The van der Waals surface area contributed by atoms with Gasteiger partial charge in [0.05, 0.1) is 11.0 Å². The number of carbonyl (C=O) groups is 2. The molecular weight excluding hydrogens is 387 g/mol. The van der Waals surface area contributed by atoms with Crippen molar-refractivity contribution in [3.05, 3.63) is 57.9 Å². The molecule has 0 atom stereocenters. The number of hydrogen-bond donors (Lipinski definition) is 1. The van der Waals surface area contributed by atoms with E-state index in [4.69, 9.17) is 21.1 Å². The average Bonchev–Trinajstić information content (AvgIpc) is 2.83. The largest absolute Gasteiger partial charge is 0.486 e. The van der Waals surface area contributed by atoms with E-state index in [1.165, 1.54) is 26.0 Å². The fourth-order valence-electron chi connectivity index (χ4n) is 2.96. The highest BCUT2D eigenvalue weighted by Gasteiger charge is 2.41. The van der Waals surface area contributed by atoms with Crippen molar-refractivity contribution in [2.45, 2.75) is 45.3 Å². The molecule has 148 valence electrons. The molecule has 0 aromatic heterocycles. The van der Waals surface area contributed by atoms with Crippen LogP contribution in [0.15, 0.2) is 30.3 Å². The van der Waals surface area contributed by atoms with Crippen LogP contribution in [0.5, 0.6) is 11.5 Å². The van der Waals surface area contributed by atoms with E-state index in [9.17, 15) is 19.1 Å². The Balaban J connectivity index is 1.86. The number of Topliss-reactive ketones (excluding diaryl/α,β-unsaturated/α-hetero) is 1. The molecule has 3 rings (SSSR count). The summed E-state index contributed by atoms with van der Waals surface area (Å²) >= 11 is 6.11. The van der Waals surface area contributed by atoms with Crippen LogP contribution in [0, 0.1) is 5.82 Å². The number of aliphatic carboxylic acids is 1. The molecule has 0 radical (unpaired) electrons. The Kier molecular flexibility index (Phi) is 4.88. The van der Waals surface area contributed by atoms with Crippen LogP contribution >= 0.6 is 11.6 Å². The van der Waals surface area contributed by atoms with Crippen LogP contribution in [0.1, 0.15) is 49.2 Å². The molecule has 2 aromatic rings. The molecule has 0 unspecified atom stereocenters. The van der Waals surface area contributed by atoms with Crippen molar-refractivity contribution in [2.75, 3.05) is 0 Å². The van der Waals surface area contributed by atoms with Crippen molar-refractivity contribution in [2.24, 2.45) is 0 Å². The lowest BCUT2D eigenvalue weighted by Crippen LogP contribution is -2.32. The first-order valence-corrected chi connectivity index (χ1v) is 9.04. The normalized spacial score (nSPS) is 15.1. The van der Waals surface area contributed by atoms with Gasteiger partial charge in [0.15, 0.2) is 17.2 Å². The summed E-state index contributed by atoms with van der Waals surface area (Å²) < 4.78 is 25.8. The molecule has 28 heavy (non-hydrogen) atoms. The maximum atomic E-state index is 14.5. The van der Waals surface area contributed by atoms with Gasteiger partial charge in [0.25, 0.3) is 0 Å². The van der Waals surface area contributed by atoms with Crippen molar-refractivity contribution >= 4 is 23.4 Å². The van der Waals surface area contributed by atoms with E-state index in [0.717, 1.165) is 6.07 Å². The van der Waals surface area contributed by atoms with Gasteiger partial charge in [0, 0.05) is 10.6 Å². The van der Waals surface area contributed by atoms with E-state index in [0.29, 0.717) is 27.5 Å². The number of benzene rings is 2. The third kappa shape index (κ3) is 3.44. The quantitative estimate of drug-likeness (QED) is 0.774. The van der Waals surface area contributed by atoms with Crippen LogP contribution < -0.4 is 9.47 Å². The number of carboxylic acids is 1. The van der Waals surface area contributed by atoms with Gasteiger partial charge in [-0.05, 0) is 57.5 Å². The molecule has 0 bridgehead atoms. The molecule has 0 saturated carbocycles. The predicted octanol–water partition coefficient (Wildman–Crippen LogP) is 4.77. The van der Waals surface area contributed by atoms with E-state index in [2.05, 4.69) is 0 Å². The number of halogens is 2. The van der Waals surface area contributed by atoms with Gasteiger partial charge in [-0.1, -0.05) is 17.7 Å². The van der Waals surface area contributed by atoms with Gasteiger partial charge in [0.2, 0.25) is 5.78 Å². The van der Waals surface area contributed by atoms with E-state index < -0.39 is 22.8 Å². The number of fused-ring (bicyclic) bond motifs is 1. The second kappa shape index (κ2) is 6.78. The monoisotopic (exact) mass is 406 g/mol. The summed E-state index contributed by atoms with van der Waals surface area (Å²) in [5.41, 5.74) is -1.01. The first-order chi connectivity index (χ1) is 12.9. The third-order valence-corrected chi connectivity index (χ3v) is 5.07. The van der Waals surface area contributed by atoms with Crippen LogP contribution in [-0.4, -0.2) is 22.5 Å². The van der Waals surface area contributed by atoms with Crippen molar-refractivity contribution < 1.29 is 28.6 Å². The highest BCUT2D eigenvalue weighted by atomic mass is 35.5. The summed E-state index contributed by atoms with van der Waals surface area (Å²) in [4.78, 5) is 23.7. The zero-order valence-electron chi connectivity index (χ0n) is 15.9. The number of carboxylic acid groups (broad SMARTS) is 1. The van der Waals surface area contributed by atoms with Crippen molar-refractivity contribution in [1.82, 2.24) is 0 Å². The Morgan fingerprint density at radius 3 is 2.57 bits per heavy atom. The minimum Gasteiger partial charge on any atom is -0.486 e. The Labute approximate surface area is 167 Å². The third-order valence-electron chi connectivity index (χ3n) is 4.85. The maximum absolute atomic E-state index is 14.5. The van der Waals surface area contributed by atoms with Crippen molar-refractivity contribution in [1.29, 1.82) is 0 Å². The molecule has 1 N–H and O–H groups in total. The first-order valence-electron chi connectivity index (χ1n) is 8.66. The number of ketones is 1. The second-order valence-corrected chi connectivity index (χ2v) is 8.18. The molecule has 0 saturated heterocycles. The minimum atomic E-state index is -1.23. The summed E-state index contributed by atoms with van der Waals surface area (Å²) in [5.74, 6) is -1.58. The predicted molar refractivity (Wildman–Crippen MR) is 102 cm³/mol. The van der Waals surface area contributed by atoms with Crippen LogP contribution in [0.3, 0.4) is 0 Å². The van der Waals surface area contributed by atoms with Gasteiger partial charge in [-0.3, -0.25) is 9.59 Å². The smallest absolute Gasteiger partial charge is 0.313 e. The average molecular weight is 407 g/mol. The lowest BCUT2D eigenvalue weighted by Gasteiger charge is -2.20. The summed E-state index contributed by atoms with van der Waals surface area (Å²) in [6, 6.07) is 7.19. The van der Waals surface area contributed by atoms with Gasteiger partial charge in [-0.2, -0.15) is 0 Å². The molecule has 0 amide bonds. The van der Waals surface area contributed by atoms with E-state index in [1.54, 1.807) is 26.0 Å². The number of carbonyl (C=O) groups excluding carboxylic acids is 1. The van der Waals surface area contributed by atoms with E-state index in [1.807, 2.05) is 0 Å². The SMILES string of the molecule is CC1(C)Oc2c(COc3ccc(C(C)(C)C(=O)O)cc3F)cc(Cl)cc2C1=O. The standard InChI is InChI=1S/C21H20ClFO5/c1-20(2,19(25)26)12-5-6-16(15(23)8-12)27-10-11-7-13(22)9-14-17(11)28-21(3,4)18(14)24/h5-9H,10H2,1-4H3,(H,25,26). The van der Waals surface area contributed by atoms with Crippen molar-refractivity contribution in [3.63, 3.8) is 0 Å². The highest BCUT2D eigenvalue weighted by Crippen LogP contribution is 2.40. The lowest BCUT2D eigenvalue weighted by atomic mass is 9.85. The molecule has 0 fully saturated rings. The Bertz CT molecular complexity index is 981. The number of rotatable bonds is 5. The summed E-state index contributed by atoms with van der Waals surface area (Å²) in [6.07, 6.45) is 0. The molecule has 2 aromatic carbocycles. The fraction of sp³-hybridized carbons (Fsp3) is 0.333. The molecule has 1 aliphatic heterocycles. The first kappa shape index (κ1) is 20.1.